The number of rotatable bonds is 7. The lowest BCUT2D eigenvalue weighted by Gasteiger charge is -2.35. The summed E-state index contributed by atoms with van der Waals surface area (Å²) < 4.78 is 13.2. The Morgan fingerprint density at radius 1 is 0.857 bits per heavy atom. The fourth-order valence-electron chi connectivity index (χ4n) is 4.59. The van der Waals surface area contributed by atoms with Gasteiger partial charge in [-0.15, -0.1) is 11.3 Å². The number of halogens is 1. The molecular formula is C29H28FN3OS. The quantitative estimate of drug-likeness (QED) is 0.331. The Labute approximate surface area is 209 Å². The molecule has 1 amide bonds. The summed E-state index contributed by atoms with van der Waals surface area (Å²) in [4.78, 5) is 22.4. The molecule has 0 N–H and O–H groups in total. The third kappa shape index (κ3) is 5.84. The van der Waals surface area contributed by atoms with Crippen LogP contribution in [0, 0.1) is 5.82 Å². The molecule has 0 spiro atoms. The molecule has 4 nitrogen and oxygen atoms in total. The van der Waals surface area contributed by atoms with Crippen LogP contribution in [-0.2, 0) is 11.3 Å². The van der Waals surface area contributed by atoms with Crippen molar-refractivity contribution in [3.8, 4) is 11.3 Å². The maximum Gasteiger partial charge on any atom is 0.223 e. The highest BCUT2D eigenvalue weighted by molar-refractivity contribution is 7.09. The molecule has 0 saturated carbocycles. The number of hydrogen-bond donors (Lipinski definition) is 0. The monoisotopic (exact) mass is 485 g/mol. The van der Waals surface area contributed by atoms with Gasteiger partial charge in [-0.2, -0.15) is 0 Å². The maximum atomic E-state index is 13.3. The molecule has 1 saturated heterocycles. The number of hydrogen-bond acceptors (Lipinski definition) is 4. The lowest BCUT2D eigenvalue weighted by atomic mass is 9.88. The van der Waals surface area contributed by atoms with Crippen molar-refractivity contribution in [1.82, 2.24) is 14.8 Å². The maximum absolute atomic E-state index is 13.3. The van der Waals surface area contributed by atoms with Crippen LogP contribution < -0.4 is 0 Å². The van der Waals surface area contributed by atoms with E-state index >= 15 is 0 Å². The lowest BCUT2D eigenvalue weighted by Crippen LogP contribution is -2.48. The third-order valence-corrected chi connectivity index (χ3v) is 7.39. The van der Waals surface area contributed by atoms with Crippen LogP contribution in [0.3, 0.4) is 0 Å². The second-order valence-electron chi connectivity index (χ2n) is 8.87. The molecule has 2 heterocycles. The van der Waals surface area contributed by atoms with Gasteiger partial charge in [0, 0.05) is 49.5 Å². The molecule has 0 aliphatic carbocycles. The van der Waals surface area contributed by atoms with E-state index in [0.29, 0.717) is 6.42 Å². The van der Waals surface area contributed by atoms with Crippen LogP contribution >= 0.6 is 11.3 Å². The number of nitrogens with zero attached hydrogens (tertiary/aromatic N) is 3. The summed E-state index contributed by atoms with van der Waals surface area (Å²) in [5, 5.41) is 3.06. The Balaban J connectivity index is 1.18. The van der Waals surface area contributed by atoms with Crippen LogP contribution in [-0.4, -0.2) is 46.9 Å². The van der Waals surface area contributed by atoms with E-state index in [4.69, 9.17) is 4.98 Å². The van der Waals surface area contributed by atoms with Gasteiger partial charge in [0.1, 0.15) is 10.8 Å². The molecule has 0 bridgehead atoms. The number of carbonyl (C=O) groups excluding carboxylic acids is 1. The van der Waals surface area contributed by atoms with E-state index in [1.807, 2.05) is 46.7 Å². The van der Waals surface area contributed by atoms with Gasteiger partial charge in [0.25, 0.3) is 0 Å². The average molecular weight is 486 g/mol. The molecule has 178 valence electrons. The number of amides is 1. The SMILES string of the molecule is O=C(CC(c1ccccc1)c1ccccc1)N1CCN(Cc2nc(-c3ccc(F)cc3)cs2)CC1. The van der Waals surface area contributed by atoms with Gasteiger partial charge in [-0.25, -0.2) is 9.37 Å². The first kappa shape index (κ1) is 23.4. The van der Waals surface area contributed by atoms with Crippen molar-refractivity contribution in [2.24, 2.45) is 0 Å². The van der Waals surface area contributed by atoms with Crippen molar-refractivity contribution in [3.63, 3.8) is 0 Å². The van der Waals surface area contributed by atoms with Gasteiger partial charge in [0.2, 0.25) is 5.91 Å². The van der Waals surface area contributed by atoms with Crippen LogP contribution in [0.15, 0.2) is 90.3 Å². The molecule has 0 atom stereocenters. The smallest absolute Gasteiger partial charge is 0.223 e. The van der Waals surface area contributed by atoms with Crippen molar-refractivity contribution in [2.75, 3.05) is 26.2 Å². The van der Waals surface area contributed by atoms with Gasteiger partial charge >= 0.3 is 0 Å². The highest BCUT2D eigenvalue weighted by Gasteiger charge is 2.25. The molecule has 3 aromatic carbocycles. The fraction of sp³-hybridized carbons (Fsp3) is 0.241. The van der Waals surface area contributed by atoms with E-state index in [-0.39, 0.29) is 17.6 Å². The third-order valence-electron chi connectivity index (χ3n) is 6.56. The fourth-order valence-corrected chi connectivity index (χ4v) is 5.43. The molecule has 1 aliphatic heterocycles. The Hall–Kier alpha value is -3.35. The predicted molar refractivity (Wildman–Crippen MR) is 139 cm³/mol. The van der Waals surface area contributed by atoms with Crippen LogP contribution in [0.5, 0.6) is 0 Å². The zero-order chi connectivity index (χ0) is 24.0. The Morgan fingerprint density at radius 2 is 1.46 bits per heavy atom. The molecule has 1 fully saturated rings. The zero-order valence-corrected chi connectivity index (χ0v) is 20.3. The summed E-state index contributed by atoms with van der Waals surface area (Å²) >= 11 is 1.63. The van der Waals surface area contributed by atoms with Crippen LogP contribution in [0.4, 0.5) is 4.39 Å². The van der Waals surface area contributed by atoms with Crippen LogP contribution in [0.2, 0.25) is 0 Å². The van der Waals surface area contributed by atoms with Gasteiger partial charge in [-0.1, -0.05) is 60.7 Å². The Kier molecular flexibility index (Phi) is 7.31. The van der Waals surface area contributed by atoms with Gasteiger partial charge in [-0.3, -0.25) is 9.69 Å². The normalized spacial score (nSPS) is 14.4. The van der Waals surface area contributed by atoms with E-state index in [2.05, 4.69) is 29.2 Å². The van der Waals surface area contributed by atoms with Crippen molar-refractivity contribution in [2.45, 2.75) is 18.9 Å². The van der Waals surface area contributed by atoms with E-state index in [0.717, 1.165) is 49.0 Å². The van der Waals surface area contributed by atoms with E-state index in [9.17, 15) is 9.18 Å². The lowest BCUT2D eigenvalue weighted by molar-refractivity contribution is -0.133. The van der Waals surface area contributed by atoms with Crippen molar-refractivity contribution < 1.29 is 9.18 Å². The van der Waals surface area contributed by atoms with Gasteiger partial charge in [0.15, 0.2) is 0 Å². The minimum atomic E-state index is -0.240. The predicted octanol–water partition coefficient (Wildman–Crippen LogP) is 5.82. The minimum Gasteiger partial charge on any atom is -0.340 e. The number of carbonyl (C=O) groups is 1. The molecule has 0 radical (unpaired) electrons. The largest absolute Gasteiger partial charge is 0.340 e. The first-order valence-electron chi connectivity index (χ1n) is 12.0. The van der Waals surface area contributed by atoms with Gasteiger partial charge in [-0.05, 0) is 35.4 Å². The number of aromatic nitrogens is 1. The second kappa shape index (κ2) is 10.9. The standard InChI is InChI=1S/C29H28FN3OS/c30-25-13-11-24(12-14-25)27-21-35-28(31-27)20-32-15-17-33(18-16-32)29(34)19-26(22-7-3-1-4-8-22)23-9-5-2-6-10-23/h1-14,21,26H,15-20H2. The molecule has 5 rings (SSSR count). The summed E-state index contributed by atoms with van der Waals surface area (Å²) in [7, 11) is 0. The average Bonchev–Trinajstić information content (AvgIpc) is 3.37. The Bertz CT molecular complexity index is 1200. The topological polar surface area (TPSA) is 36.4 Å². The number of piperazine rings is 1. The number of benzene rings is 3. The van der Waals surface area contributed by atoms with Crippen molar-refractivity contribution in [1.29, 1.82) is 0 Å². The molecule has 0 unspecified atom stereocenters. The molecule has 6 heteroatoms. The second-order valence-corrected chi connectivity index (χ2v) is 9.81. The van der Waals surface area contributed by atoms with E-state index in [1.54, 1.807) is 23.5 Å². The molecular weight excluding hydrogens is 457 g/mol. The van der Waals surface area contributed by atoms with Crippen LogP contribution in [0.1, 0.15) is 28.5 Å². The van der Waals surface area contributed by atoms with Crippen molar-refractivity contribution >= 4 is 17.2 Å². The van der Waals surface area contributed by atoms with Gasteiger partial charge in [0.05, 0.1) is 12.2 Å². The number of thiazole rings is 1. The highest BCUT2D eigenvalue weighted by Crippen LogP contribution is 2.29. The summed E-state index contributed by atoms with van der Waals surface area (Å²) in [5.74, 6) is 0.0220. The summed E-state index contributed by atoms with van der Waals surface area (Å²) in [6.07, 6.45) is 0.474. The van der Waals surface area contributed by atoms with Crippen molar-refractivity contribution in [3.05, 3.63) is 112 Å². The van der Waals surface area contributed by atoms with Crippen LogP contribution in [0.25, 0.3) is 11.3 Å². The first-order valence-corrected chi connectivity index (χ1v) is 12.8. The zero-order valence-electron chi connectivity index (χ0n) is 19.5. The Morgan fingerprint density at radius 3 is 2.06 bits per heavy atom. The molecule has 1 aliphatic rings. The molecule has 4 aromatic rings. The van der Waals surface area contributed by atoms with E-state index < -0.39 is 0 Å². The minimum absolute atomic E-state index is 0.0585. The first-order chi connectivity index (χ1) is 17.2. The highest BCUT2D eigenvalue weighted by atomic mass is 32.1. The van der Waals surface area contributed by atoms with Gasteiger partial charge < -0.3 is 4.90 Å². The summed E-state index contributed by atoms with van der Waals surface area (Å²) in [5.41, 5.74) is 4.15. The molecule has 35 heavy (non-hydrogen) atoms. The summed E-state index contributed by atoms with van der Waals surface area (Å²) in [6.45, 7) is 3.89. The molecule has 1 aromatic heterocycles. The van der Waals surface area contributed by atoms with E-state index in [1.165, 1.54) is 23.3 Å². The summed E-state index contributed by atoms with van der Waals surface area (Å²) in [6, 6.07) is 27.0.